The quantitative estimate of drug-likeness (QED) is 0.380. The summed E-state index contributed by atoms with van der Waals surface area (Å²) in [5.41, 5.74) is 2.21. The molecule has 9 heteroatoms. The van der Waals surface area contributed by atoms with Crippen LogP contribution in [0.4, 0.5) is 13.2 Å². The van der Waals surface area contributed by atoms with Crippen LogP contribution in [0.15, 0.2) is 54.6 Å². The van der Waals surface area contributed by atoms with E-state index >= 15 is 0 Å². The van der Waals surface area contributed by atoms with Crippen molar-refractivity contribution >= 4 is 21.5 Å². The van der Waals surface area contributed by atoms with Gasteiger partial charge in [-0.05, 0) is 67.0 Å². The van der Waals surface area contributed by atoms with Crippen LogP contribution in [0.3, 0.4) is 0 Å². The second kappa shape index (κ2) is 9.92. The summed E-state index contributed by atoms with van der Waals surface area (Å²) in [6.07, 6.45) is -1.65. The van der Waals surface area contributed by atoms with E-state index in [0.717, 1.165) is 27.4 Å². The molecule has 4 rings (SSSR count). The number of ether oxygens (including phenoxy) is 1. The van der Waals surface area contributed by atoms with Gasteiger partial charge in [0.05, 0.1) is 17.4 Å². The molecular formula is C27H30F3NO4S. The SMILES string of the molecule is CCc1ccc(C2=CC(=O)N(S(=O)(=O)C3CC3)[C@](C)(c3ccc(OCCCC(F)(F)F)cc3)C2)cc1. The van der Waals surface area contributed by atoms with E-state index in [1.807, 2.05) is 24.3 Å². The molecule has 194 valence electrons. The van der Waals surface area contributed by atoms with E-state index in [4.69, 9.17) is 4.74 Å². The second-order valence-electron chi connectivity index (χ2n) is 9.61. The zero-order valence-corrected chi connectivity index (χ0v) is 21.2. The number of alkyl halides is 3. The molecule has 0 saturated heterocycles. The van der Waals surface area contributed by atoms with Crippen LogP contribution in [0, 0.1) is 0 Å². The monoisotopic (exact) mass is 521 g/mol. The maximum absolute atomic E-state index is 13.4. The van der Waals surface area contributed by atoms with Crippen LogP contribution in [0.1, 0.15) is 62.6 Å². The van der Waals surface area contributed by atoms with E-state index in [9.17, 15) is 26.4 Å². The maximum atomic E-state index is 13.4. The molecule has 0 aromatic heterocycles. The van der Waals surface area contributed by atoms with Crippen LogP contribution >= 0.6 is 0 Å². The van der Waals surface area contributed by atoms with Crippen molar-refractivity contribution in [1.29, 1.82) is 0 Å². The Bertz CT molecular complexity index is 1230. The van der Waals surface area contributed by atoms with Crippen LogP contribution in [0.5, 0.6) is 5.75 Å². The van der Waals surface area contributed by atoms with Gasteiger partial charge in [0.1, 0.15) is 5.75 Å². The van der Waals surface area contributed by atoms with Crippen LogP contribution in [0.25, 0.3) is 5.57 Å². The van der Waals surface area contributed by atoms with Crippen molar-refractivity contribution in [3.05, 3.63) is 71.3 Å². The lowest BCUT2D eigenvalue weighted by molar-refractivity contribution is -0.136. The van der Waals surface area contributed by atoms with E-state index < -0.39 is 39.3 Å². The lowest BCUT2D eigenvalue weighted by Gasteiger charge is -2.43. The molecule has 2 aromatic carbocycles. The highest BCUT2D eigenvalue weighted by molar-refractivity contribution is 7.90. The van der Waals surface area contributed by atoms with E-state index in [2.05, 4.69) is 6.92 Å². The normalized spacial score (nSPS) is 20.9. The summed E-state index contributed by atoms with van der Waals surface area (Å²) in [6.45, 7) is 3.72. The van der Waals surface area contributed by atoms with Gasteiger partial charge in [0, 0.05) is 18.9 Å². The summed E-state index contributed by atoms with van der Waals surface area (Å²) < 4.78 is 70.3. The van der Waals surface area contributed by atoms with Gasteiger partial charge in [0.2, 0.25) is 10.0 Å². The molecule has 1 atom stereocenters. The first-order chi connectivity index (χ1) is 16.9. The van der Waals surface area contributed by atoms with E-state index in [0.29, 0.717) is 30.6 Å². The van der Waals surface area contributed by atoms with E-state index in [1.54, 1.807) is 31.2 Å². The summed E-state index contributed by atoms with van der Waals surface area (Å²) in [5, 5.41) is -0.559. The molecule has 2 aromatic rings. The van der Waals surface area contributed by atoms with E-state index in [-0.39, 0.29) is 13.0 Å². The summed E-state index contributed by atoms with van der Waals surface area (Å²) >= 11 is 0. The molecule has 1 heterocycles. The predicted molar refractivity (Wildman–Crippen MR) is 132 cm³/mol. The van der Waals surface area contributed by atoms with Gasteiger partial charge in [-0.3, -0.25) is 4.79 Å². The lowest BCUT2D eigenvalue weighted by Crippen LogP contribution is -2.53. The van der Waals surface area contributed by atoms with E-state index in [1.165, 1.54) is 6.08 Å². The lowest BCUT2D eigenvalue weighted by atomic mass is 9.80. The zero-order valence-electron chi connectivity index (χ0n) is 20.3. The van der Waals surface area contributed by atoms with Crippen molar-refractivity contribution < 1.29 is 31.1 Å². The zero-order chi connectivity index (χ0) is 26.1. The molecule has 1 amide bonds. The Hall–Kier alpha value is -2.81. The minimum absolute atomic E-state index is 0.0859. The Kier molecular flexibility index (Phi) is 7.23. The Morgan fingerprint density at radius 1 is 1.06 bits per heavy atom. The van der Waals surface area contributed by atoms with Gasteiger partial charge in [-0.25, -0.2) is 12.7 Å². The second-order valence-corrected chi connectivity index (χ2v) is 11.7. The largest absolute Gasteiger partial charge is 0.494 e. The molecule has 0 N–H and O–H groups in total. The molecule has 0 spiro atoms. The Labute approximate surface area is 210 Å². The van der Waals surface area contributed by atoms with Crippen molar-refractivity contribution in [2.24, 2.45) is 0 Å². The maximum Gasteiger partial charge on any atom is 0.389 e. The highest BCUT2D eigenvalue weighted by atomic mass is 32.2. The van der Waals surface area contributed by atoms with Gasteiger partial charge in [0.15, 0.2) is 0 Å². The molecule has 1 aliphatic carbocycles. The standard InChI is InChI=1S/C27H30F3NO4S/c1-3-19-5-7-20(8-6-19)21-17-25(32)31(36(33,34)24-13-14-24)26(2,18-21)22-9-11-23(12-10-22)35-16-4-15-27(28,29)30/h5-12,17,24H,3-4,13-16,18H2,1-2H3/t26-/m0/s1. The number of hydrogen-bond donors (Lipinski definition) is 0. The fourth-order valence-corrected chi connectivity index (χ4v) is 6.66. The molecule has 1 saturated carbocycles. The molecule has 1 fully saturated rings. The summed E-state index contributed by atoms with van der Waals surface area (Å²) in [5.74, 6) is -0.188. The average molecular weight is 522 g/mol. The number of nitrogens with zero attached hydrogens (tertiary/aromatic N) is 1. The molecule has 2 aliphatic rings. The Morgan fingerprint density at radius 3 is 2.25 bits per heavy atom. The summed E-state index contributed by atoms with van der Waals surface area (Å²) in [4.78, 5) is 13.3. The molecule has 1 aliphatic heterocycles. The number of amides is 1. The number of rotatable bonds is 9. The number of carbonyl (C=O) groups excluding carboxylic acids is 1. The van der Waals surface area contributed by atoms with Crippen molar-refractivity contribution in [1.82, 2.24) is 4.31 Å². The molecular weight excluding hydrogens is 491 g/mol. The average Bonchev–Trinajstić information content (AvgIpc) is 3.67. The van der Waals surface area contributed by atoms with Crippen molar-refractivity contribution in [3.8, 4) is 5.75 Å². The highest BCUT2D eigenvalue weighted by Crippen LogP contribution is 2.46. The summed E-state index contributed by atoms with van der Waals surface area (Å²) in [6, 6.07) is 14.5. The van der Waals surface area contributed by atoms with Gasteiger partial charge in [-0.1, -0.05) is 43.3 Å². The Balaban J connectivity index is 1.63. The number of benzene rings is 2. The smallest absolute Gasteiger partial charge is 0.389 e. The molecule has 5 nitrogen and oxygen atoms in total. The first kappa shape index (κ1) is 26.3. The van der Waals surface area contributed by atoms with Crippen LogP contribution in [0.2, 0.25) is 0 Å². The molecule has 0 bridgehead atoms. The third-order valence-corrected chi connectivity index (χ3v) is 9.17. The van der Waals surface area contributed by atoms with Gasteiger partial charge in [0.25, 0.3) is 5.91 Å². The van der Waals surface area contributed by atoms with Gasteiger partial charge >= 0.3 is 6.18 Å². The number of sulfonamides is 1. The number of hydrogen-bond acceptors (Lipinski definition) is 4. The Morgan fingerprint density at radius 2 is 1.69 bits per heavy atom. The minimum atomic E-state index is -4.23. The number of aryl methyl sites for hydroxylation is 1. The van der Waals surface area contributed by atoms with Crippen molar-refractivity contribution in [2.75, 3.05) is 6.61 Å². The van der Waals surface area contributed by atoms with Crippen LogP contribution in [-0.2, 0) is 26.8 Å². The number of carbonyl (C=O) groups is 1. The highest BCUT2D eigenvalue weighted by Gasteiger charge is 2.52. The molecule has 0 unspecified atom stereocenters. The van der Waals surface area contributed by atoms with Crippen LogP contribution in [-0.4, -0.2) is 36.7 Å². The summed E-state index contributed by atoms with van der Waals surface area (Å²) in [7, 11) is -3.85. The van der Waals surface area contributed by atoms with Crippen molar-refractivity contribution in [3.63, 3.8) is 0 Å². The third-order valence-electron chi connectivity index (χ3n) is 6.76. The van der Waals surface area contributed by atoms with Gasteiger partial charge in [-0.15, -0.1) is 0 Å². The fourth-order valence-electron chi connectivity index (χ4n) is 4.60. The molecule has 0 radical (unpaired) electrons. The first-order valence-electron chi connectivity index (χ1n) is 12.1. The fraction of sp³-hybridized carbons (Fsp3) is 0.444. The first-order valence-corrected chi connectivity index (χ1v) is 13.6. The van der Waals surface area contributed by atoms with Crippen molar-refractivity contribution in [2.45, 2.75) is 69.3 Å². The van der Waals surface area contributed by atoms with Crippen LogP contribution < -0.4 is 4.74 Å². The van der Waals surface area contributed by atoms with Gasteiger partial charge in [-0.2, -0.15) is 13.2 Å². The topological polar surface area (TPSA) is 63.7 Å². The number of halogens is 3. The third kappa shape index (κ3) is 5.61. The molecule has 36 heavy (non-hydrogen) atoms. The van der Waals surface area contributed by atoms with Gasteiger partial charge < -0.3 is 4.74 Å². The minimum Gasteiger partial charge on any atom is -0.494 e. The predicted octanol–water partition coefficient (Wildman–Crippen LogP) is 5.99.